The van der Waals surface area contributed by atoms with E-state index in [2.05, 4.69) is 38.1 Å². The molecule has 0 aliphatic heterocycles. The van der Waals surface area contributed by atoms with Crippen LogP contribution in [0.5, 0.6) is 0 Å². The third kappa shape index (κ3) is 2.68. The van der Waals surface area contributed by atoms with Crippen molar-refractivity contribution >= 4 is 5.69 Å². The van der Waals surface area contributed by atoms with E-state index in [1.54, 1.807) is 0 Å². The Hall–Kier alpha value is -1.80. The van der Waals surface area contributed by atoms with Gasteiger partial charge in [-0.05, 0) is 53.1 Å². The molecule has 21 heavy (non-hydrogen) atoms. The van der Waals surface area contributed by atoms with Crippen molar-refractivity contribution in [1.82, 2.24) is 0 Å². The van der Waals surface area contributed by atoms with E-state index in [4.69, 9.17) is 5.73 Å². The number of hydrogen-bond donors (Lipinski definition) is 2. The molecule has 2 heteroatoms. The fourth-order valence-electron chi connectivity index (χ4n) is 3.29. The van der Waals surface area contributed by atoms with Gasteiger partial charge in [0.1, 0.15) is 0 Å². The van der Waals surface area contributed by atoms with Crippen molar-refractivity contribution in [2.24, 2.45) is 0 Å². The number of hydrogen-bond acceptors (Lipinski definition) is 2. The van der Waals surface area contributed by atoms with Crippen molar-refractivity contribution < 1.29 is 5.11 Å². The first-order valence-electron chi connectivity index (χ1n) is 7.68. The average molecular weight is 281 g/mol. The van der Waals surface area contributed by atoms with Crippen LogP contribution < -0.4 is 5.73 Å². The van der Waals surface area contributed by atoms with Gasteiger partial charge in [-0.25, -0.2) is 0 Å². The van der Waals surface area contributed by atoms with Gasteiger partial charge in [0.05, 0.1) is 5.60 Å². The minimum Gasteiger partial charge on any atom is -0.399 e. The number of nitrogen functional groups attached to an aromatic ring is 1. The van der Waals surface area contributed by atoms with Gasteiger partial charge in [-0.15, -0.1) is 0 Å². The Labute approximate surface area is 126 Å². The highest BCUT2D eigenvalue weighted by molar-refractivity contribution is 5.49. The van der Waals surface area contributed by atoms with Crippen LogP contribution in [0.15, 0.2) is 42.5 Å². The maximum atomic E-state index is 11.0. The summed E-state index contributed by atoms with van der Waals surface area (Å²) in [5.41, 5.74) is 10.6. The van der Waals surface area contributed by atoms with E-state index in [0.717, 1.165) is 24.1 Å². The Balaban J connectivity index is 1.85. The molecule has 110 valence electrons. The number of aryl methyl sites for hydroxylation is 1. The van der Waals surface area contributed by atoms with Crippen LogP contribution in [0.1, 0.15) is 48.4 Å². The molecule has 0 radical (unpaired) electrons. The molecule has 0 spiro atoms. The Morgan fingerprint density at radius 3 is 2.52 bits per heavy atom. The molecule has 0 heterocycles. The summed E-state index contributed by atoms with van der Waals surface area (Å²) in [6.07, 6.45) is 2.35. The first-order chi connectivity index (χ1) is 9.98. The number of anilines is 1. The van der Waals surface area contributed by atoms with Crippen molar-refractivity contribution in [3.63, 3.8) is 0 Å². The van der Waals surface area contributed by atoms with E-state index in [0.29, 0.717) is 12.3 Å². The summed E-state index contributed by atoms with van der Waals surface area (Å²) in [4.78, 5) is 0. The lowest BCUT2D eigenvalue weighted by Gasteiger charge is -2.24. The third-order valence-electron chi connectivity index (χ3n) is 4.58. The predicted octanol–water partition coefficient (Wildman–Crippen LogP) is 3.77. The molecule has 3 rings (SSSR count). The van der Waals surface area contributed by atoms with Gasteiger partial charge in [0.15, 0.2) is 0 Å². The molecule has 2 aromatic carbocycles. The standard InChI is InChI=1S/C19H23NO/c1-13(2)15-5-3-14(4-6-15)12-19(21)10-9-16-11-17(20)7-8-18(16)19/h3-8,11,13,21H,9-10,12,20H2,1-2H3. The van der Waals surface area contributed by atoms with Gasteiger partial charge in [0, 0.05) is 12.1 Å². The molecule has 0 aromatic heterocycles. The van der Waals surface area contributed by atoms with Crippen LogP contribution in [0.25, 0.3) is 0 Å². The fourth-order valence-corrected chi connectivity index (χ4v) is 3.29. The maximum Gasteiger partial charge on any atom is 0.0942 e. The average Bonchev–Trinajstić information content (AvgIpc) is 2.76. The summed E-state index contributed by atoms with van der Waals surface area (Å²) in [6.45, 7) is 4.39. The Morgan fingerprint density at radius 2 is 1.86 bits per heavy atom. The van der Waals surface area contributed by atoms with E-state index in [9.17, 15) is 5.11 Å². The first kappa shape index (κ1) is 14.2. The van der Waals surface area contributed by atoms with Crippen LogP contribution >= 0.6 is 0 Å². The van der Waals surface area contributed by atoms with Crippen LogP contribution in [0.2, 0.25) is 0 Å². The molecule has 0 bridgehead atoms. The fraction of sp³-hybridized carbons (Fsp3) is 0.368. The number of aliphatic hydroxyl groups is 1. The molecule has 0 saturated heterocycles. The Kier molecular flexibility index (Phi) is 3.50. The summed E-state index contributed by atoms with van der Waals surface area (Å²) in [5, 5.41) is 11.0. The van der Waals surface area contributed by atoms with Crippen LogP contribution in [0, 0.1) is 0 Å². The second kappa shape index (κ2) is 5.19. The topological polar surface area (TPSA) is 46.2 Å². The lowest BCUT2D eigenvalue weighted by Crippen LogP contribution is -2.25. The molecule has 1 aliphatic carbocycles. The van der Waals surface area contributed by atoms with Crippen LogP contribution in [0.4, 0.5) is 5.69 Å². The monoisotopic (exact) mass is 281 g/mol. The van der Waals surface area contributed by atoms with Gasteiger partial charge in [0.25, 0.3) is 0 Å². The first-order valence-corrected chi connectivity index (χ1v) is 7.68. The van der Waals surface area contributed by atoms with Crippen molar-refractivity contribution in [2.75, 3.05) is 5.73 Å². The van der Waals surface area contributed by atoms with Crippen molar-refractivity contribution in [3.05, 3.63) is 64.7 Å². The third-order valence-corrected chi connectivity index (χ3v) is 4.58. The summed E-state index contributed by atoms with van der Waals surface area (Å²) >= 11 is 0. The zero-order valence-corrected chi connectivity index (χ0v) is 12.8. The Bertz CT molecular complexity index is 645. The van der Waals surface area contributed by atoms with E-state index in [-0.39, 0.29) is 0 Å². The molecule has 0 amide bonds. The second-order valence-electron chi connectivity index (χ2n) is 6.52. The normalized spacial score (nSPS) is 20.8. The van der Waals surface area contributed by atoms with E-state index in [1.165, 1.54) is 16.7 Å². The molecule has 3 N–H and O–H groups in total. The highest BCUT2D eigenvalue weighted by Crippen LogP contribution is 2.40. The molecule has 2 aromatic rings. The van der Waals surface area contributed by atoms with Gasteiger partial charge in [0.2, 0.25) is 0 Å². The molecule has 1 unspecified atom stereocenters. The van der Waals surface area contributed by atoms with Gasteiger partial charge in [-0.1, -0.05) is 44.2 Å². The number of rotatable bonds is 3. The lowest BCUT2D eigenvalue weighted by atomic mass is 9.88. The highest BCUT2D eigenvalue weighted by atomic mass is 16.3. The predicted molar refractivity (Wildman–Crippen MR) is 87.3 cm³/mol. The van der Waals surface area contributed by atoms with Crippen LogP contribution in [-0.4, -0.2) is 5.11 Å². The maximum absolute atomic E-state index is 11.0. The minimum absolute atomic E-state index is 0.539. The van der Waals surface area contributed by atoms with Crippen molar-refractivity contribution in [2.45, 2.75) is 44.6 Å². The van der Waals surface area contributed by atoms with Gasteiger partial charge in [-0.2, -0.15) is 0 Å². The van der Waals surface area contributed by atoms with Gasteiger partial charge in [-0.3, -0.25) is 0 Å². The number of benzene rings is 2. The lowest BCUT2D eigenvalue weighted by molar-refractivity contribution is 0.0390. The van der Waals surface area contributed by atoms with E-state index >= 15 is 0 Å². The molecule has 2 nitrogen and oxygen atoms in total. The summed E-state index contributed by atoms with van der Waals surface area (Å²) < 4.78 is 0. The number of fused-ring (bicyclic) bond motifs is 1. The SMILES string of the molecule is CC(C)c1ccc(CC2(O)CCc3cc(N)ccc32)cc1. The zero-order valence-electron chi connectivity index (χ0n) is 12.8. The molecule has 1 atom stereocenters. The van der Waals surface area contributed by atoms with Crippen molar-refractivity contribution in [1.29, 1.82) is 0 Å². The molecule has 0 fully saturated rings. The largest absolute Gasteiger partial charge is 0.399 e. The quantitative estimate of drug-likeness (QED) is 0.841. The van der Waals surface area contributed by atoms with Crippen molar-refractivity contribution in [3.8, 4) is 0 Å². The zero-order chi connectivity index (χ0) is 15.0. The molecule has 1 aliphatic rings. The summed E-state index contributed by atoms with van der Waals surface area (Å²) in [6, 6.07) is 14.5. The second-order valence-corrected chi connectivity index (χ2v) is 6.52. The van der Waals surface area contributed by atoms with E-state index < -0.39 is 5.60 Å². The minimum atomic E-state index is -0.748. The summed E-state index contributed by atoms with van der Waals surface area (Å²) in [5.74, 6) is 0.539. The highest BCUT2D eigenvalue weighted by Gasteiger charge is 2.36. The van der Waals surface area contributed by atoms with Gasteiger partial charge < -0.3 is 10.8 Å². The van der Waals surface area contributed by atoms with Crippen LogP contribution in [-0.2, 0) is 18.4 Å². The molecule has 0 saturated carbocycles. The van der Waals surface area contributed by atoms with Crippen LogP contribution in [0.3, 0.4) is 0 Å². The van der Waals surface area contributed by atoms with E-state index in [1.807, 2.05) is 18.2 Å². The smallest absolute Gasteiger partial charge is 0.0942 e. The Morgan fingerprint density at radius 1 is 1.14 bits per heavy atom. The number of nitrogens with two attached hydrogens (primary N) is 1. The van der Waals surface area contributed by atoms with Gasteiger partial charge >= 0.3 is 0 Å². The summed E-state index contributed by atoms with van der Waals surface area (Å²) in [7, 11) is 0. The molecular formula is C19H23NO. The molecular weight excluding hydrogens is 258 g/mol.